The van der Waals surface area contributed by atoms with E-state index in [1.807, 2.05) is 0 Å². The van der Waals surface area contributed by atoms with E-state index in [2.05, 4.69) is 15.6 Å². The summed E-state index contributed by atoms with van der Waals surface area (Å²) in [5, 5.41) is 5.55. The summed E-state index contributed by atoms with van der Waals surface area (Å²) in [4.78, 5) is 26.5. The molecule has 1 saturated carbocycles. The van der Waals surface area contributed by atoms with Gasteiger partial charge in [0.25, 0.3) is 5.91 Å². The molecule has 1 fully saturated rings. The van der Waals surface area contributed by atoms with Gasteiger partial charge in [0.2, 0.25) is 11.8 Å². The molecule has 0 bridgehead atoms. The highest BCUT2D eigenvalue weighted by atomic mass is 16.5. The minimum absolute atomic E-state index is 0.0387. The Morgan fingerprint density at radius 3 is 2.70 bits per heavy atom. The molecule has 1 aliphatic carbocycles. The van der Waals surface area contributed by atoms with Crippen LogP contribution in [-0.2, 0) is 9.59 Å². The van der Waals surface area contributed by atoms with Crippen molar-refractivity contribution in [2.24, 2.45) is 0 Å². The van der Waals surface area contributed by atoms with Gasteiger partial charge in [-0.05, 0) is 18.9 Å². The molecule has 0 saturated heterocycles. The van der Waals surface area contributed by atoms with Gasteiger partial charge in [-0.1, -0.05) is 12.8 Å². The van der Waals surface area contributed by atoms with E-state index in [1.54, 1.807) is 12.1 Å². The molecule has 0 aliphatic heterocycles. The van der Waals surface area contributed by atoms with E-state index in [0.29, 0.717) is 17.6 Å². The van der Waals surface area contributed by atoms with Crippen LogP contribution in [0.3, 0.4) is 0 Å². The summed E-state index contributed by atoms with van der Waals surface area (Å²) in [5.41, 5.74) is 0.597. The monoisotopic (exact) mass is 277 g/mol. The molecule has 0 atom stereocenters. The molecule has 0 radical (unpaired) electrons. The van der Waals surface area contributed by atoms with E-state index in [1.165, 1.54) is 26.0 Å². The summed E-state index contributed by atoms with van der Waals surface area (Å²) in [6.07, 6.45) is 5.95. The SMILES string of the molecule is CC(=O)Nc1ccc(OCC(=O)NC2CCCC2)nc1. The lowest BCUT2D eigenvalue weighted by Gasteiger charge is -2.12. The lowest BCUT2D eigenvalue weighted by molar-refractivity contribution is -0.123. The van der Waals surface area contributed by atoms with Crippen LogP contribution < -0.4 is 15.4 Å². The van der Waals surface area contributed by atoms with Crippen molar-refractivity contribution in [1.82, 2.24) is 10.3 Å². The number of nitrogens with one attached hydrogen (secondary N) is 2. The van der Waals surface area contributed by atoms with Crippen LogP contribution in [0.25, 0.3) is 0 Å². The Hall–Kier alpha value is -2.11. The number of anilines is 1. The number of ether oxygens (including phenoxy) is 1. The van der Waals surface area contributed by atoms with Gasteiger partial charge in [0.05, 0.1) is 11.9 Å². The largest absolute Gasteiger partial charge is 0.468 e. The molecule has 1 aromatic heterocycles. The van der Waals surface area contributed by atoms with Crippen molar-refractivity contribution in [3.63, 3.8) is 0 Å². The molecule has 1 heterocycles. The molecule has 1 aromatic rings. The first-order valence-electron chi connectivity index (χ1n) is 6.79. The average Bonchev–Trinajstić information content (AvgIpc) is 2.90. The van der Waals surface area contributed by atoms with Crippen LogP contribution >= 0.6 is 0 Å². The van der Waals surface area contributed by atoms with Crippen LogP contribution in [0.15, 0.2) is 18.3 Å². The highest BCUT2D eigenvalue weighted by molar-refractivity contribution is 5.88. The van der Waals surface area contributed by atoms with E-state index in [4.69, 9.17) is 4.74 Å². The summed E-state index contributed by atoms with van der Waals surface area (Å²) < 4.78 is 5.30. The van der Waals surface area contributed by atoms with Crippen LogP contribution in [0.5, 0.6) is 5.88 Å². The van der Waals surface area contributed by atoms with Gasteiger partial charge in [-0.2, -0.15) is 0 Å². The first-order valence-corrected chi connectivity index (χ1v) is 6.79. The zero-order valence-corrected chi connectivity index (χ0v) is 11.5. The van der Waals surface area contributed by atoms with Crippen molar-refractivity contribution in [2.75, 3.05) is 11.9 Å². The third kappa shape index (κ3) is 4.53. The van der Waals surface area contributed by atoms with Gasteiger partial charge >= 0.3 is 0 Å². The van der Waals surface area contributed by atoms with Crippen LogP contribution in [0.4, 0.5) is 5.69 Å². The van der Waals surface area contributed by atoms with Crippen LogP contribution in [-0.4, -0.2) is 29.4 Å². The van der Waals surface area contributed by atoms with Crippen molar-refractivity contribution in [2.45, 2.75) is 38.6 Å². The van der Waals surface area contributed by atoms with Crippen LogP contribution in [0.2, 0.25) is 0 Å². The zero-order valence-electron chi connectivity index (χ0n) is 11.5. The normalized spacial score (nSPS) is 14.8. The number of hydrogen-bond acceptors (Lipinski definition) is 4. The third-order valence-corrected chi connectivity index (χ3v) is 3.13. The number of aromatic nitrogens is 1. The Balaban J connectivity index is 1.75. The summed E-state index contributed by atoms with van der Waals surface area (Å²) in [6.45, 7) is 1.39. The molecule has 6 heteroatoms. The molecule has 1 aliphatic rings. The summed E-state index contributed by atoms with van der Waals surface area (Å²) in [7, 11) is 0. The van der Waals surface area contributed by atoms with E-state index in [0.717, 1.165) is 12.8 Å². The second kappa shape index (κ2) is 6.88. The highest BCUT2D eigenvalue weighted by Crippen LogP contribution is 2.17. The topological polar surface area (TPSA) is 80.3 Å². The number of nitrogens with zero attached hydrogens (tertiary/aromatic N) is 1. The lowest BCUT2D eigenvalue weighted by atomic mass is 10.2. The molecule has 2 rings (SSSR count). The van der Waals surface area contributed by atoms with Gasteiger partial charge in [-0.25, -0.2) is 4.98 Å². The molecule has 0 spiro atoms. The summed E-state index contributed by atoms with van der Waals surface area (Å²) in [5.74, 6) is 0.0849. The second-order valence-corrected chi connectivity index (χ2v) is 4.90. The molecular weight excluding hydrogens is 258 g/mol. The number of carbonyl (C=O) groups is 2. The lowest BCUT2D eigenvalue weighted by Crippen LogP contribution is -2.36. The number of amides is 2. The first kappa shape index (κ1) is 14.3. The Bertz CT molecular complexity index is 467. The minimum Gasteiger partial charge on any atom is -0.468 e. The van der Waals surface area contributed by atoms with Gasteiger partial charge < -0.3 is 15.4 Å². The van der Waals surface area contributed by atoms with Crippen molar-refractivity contribution in [1.29, 1.82) is 0 Å². The van der Waals surface area contributed by atoms with E-state index < -0.39 is 0 Å². The fourth-order valence-corrected chi connectivity index (χ4v) is 2.22. The molecule has 6 nitrogen and oxygen atoms in total. The van der Waals surface area contributed by atoms with Crippen molar-refractivity contribution < 1.29 is 14.3 Å². The molecule has 0 aromatic carbocycles. The Labute approximate surface area is 117 Å². The Morgan fingerprint density at radius 2 is 2.10 bits per heavy atom. The van der Waals surface area contributed by atoms with Gasteiger partial charge in [-0.3, -0.25) is 9.59 Å². The van der Waals surface area contributed by atoms with Gasteiger partial charge in [0.1, 0.15) is 0 Å². The quantitative estimate of drug-likeness (QED) is 0.854. The van der Waals surface area contributed by atoms with Crippen molar-refractivity contribution in [3.05, 3.63) is 18.3 Å². The molecular formula is C14H19N3O3. The summed E-state index contributed by atoms with van der Waals surface area (Å²) in [6, 6.07) is 3.59. The van der Waals surface area contributed by atoms with Crippen LogP contribution in [0, 0.1) is 0 Å². The van der Waals surface area contributed by atoms with E-state index in [-0.39, 0.29) is 18.4 Å². The van der Waals surface area contributed by atoms with E-state index >= 15 is 0 Å². The Kier molecular flexibility index (Phi) is 4.92. The fourth-order valence-electron chi connectivity index (χ4n) is 2.22. The molecule has 0 unspecified atom stereocenters. The number of rotatable bonds is 5. The standard InChI is InChI=1S/C14H19N3O3/c1-10(18)16-12-6-7-14(15-8-12)20-9-13(19)17-11-4-2-3-5-11/h6-8,11H,2-5,9H2,1H3,(H,16,18)(H,17,19). The number of hydrogen-bond donors (Lipinski definition) is 2. The third-order valence-electron chi connectivity index (χ3n) is 3.13. The molecule has 2 amide bonds. The number of carbonyl (C=O) groups excluding carboxylic acids is 2. The second-order valence-electron chi connectivity index (χ2n) is 4.90. The maximum absolute atomic E-state index is 11.7. The molecule has 2 N–H and O–H groups in total. The fraction of sp³-hybridized carbons (Fsp3) is 0.500. The average molecular weight is 277 g/mol. The minimum atomic E-state index is -0.156. The maximum atomic E-state index is 11.7. The van der Waals surface area contributed by atoms with Crippen LogP contribution in [0.1, 0.15) is 32.6 Å². The number of pyridine rings is 1. The van der Waals surface area contributed by atoms with Gasteiger partial charge in [0.15, 0.2) is 6.61 Å². The smallest absolute Gasteiger partial charge is 0.258 e. The van der Waals surface area contributed by atoms with Crippen molar-refractivity contribution >= 4 is 17.5 Å². The Morgan fingerprint density at radius 1 is 1.35 bits per heavy atom. The predicted octanol–water partition coefficient (Wildman–Crippen LogP) is 1.48. The molecule has 108 valence electrons. The highest BCUT2D eigenvalue weighted by Gasteiger charge is 2.17. The summed E-state index contributed by atoms with van der Waals surface area (Å²) >= 11 is 0. The zero-order chi connectivity index (χ0) is 14.4. The predicted molar refractivity (Wildman–Crippen MR) is 74.4 cm³/mol. The van der Waals surface area contributed by atoms with Crippen molar-refractivity contribution in [3.8, 4) is 5.88 Å². The first-order chi connectivity index (χ1) is 9.63. The van der Waals surface area contributed by atoms with Gasteiger partial charge in [0, 0.05) is 19.0 Å². The van der Waals surface area contributed by atoms with Gasteiger partial charge in [-0.15, -0.1) is 0 Å². The maximum Gasteiger partial charge on any atom is 0.258 e. The van der Waals surface area contributed by atoms with E-state index in [9.17, 15) is 9.59 Å². The molecule has 20 heavy (non-hydrogen) atoms.